The van der Waals surface area contributed by atoms with Gasteiger partial charge in [0, 0.05) is 6.04 Å². The Morgan fingerprint density at radius 2 is 2.08 bits per heavy atom. The van der Waals surface area contributed by atoms with E-state index in [1.54, 1.807) is 0 Å². The van der Waals surface area contributed by atoms with Crippen LogP contribution < -0.4 is 16.6 Å². The van der Waals surface area contributed by atoms with E-state index in [2.05, 4.69) is 15.7 Å². The highest BCUT2D eigenvalue weighted by molar-refractivity contribution is 5.45. The van der Waals surface area contributed by atoms with E-state index in [1.807, 2.05) is 18.2 Å². The predicted octanol–water partition coefficient (Wildman–Crippen LogP) is 1.33. The average molecular weight is 178 g/mol. The third-order valence-corrected chi connectivity index (χ3v) is 2.35. The van der Waals surface area contributed by atoms with Crippen molar-refractivity contribution in [2.45, 2.75) is 25.3 Å². The van der Waals surface area contributed by atoms with Gasteiger partial charge in [-0.15, -0.1) is 0 Å². The smallest absolute Gasteiger partial charge is 0.142 e. The molecule has 0 aromatic carbocycles. The molecule has 1 aromatic heterocycles. The fraction of sp³-hybridized carbons (Fsp3) is 0.444. The van der Waals surface area contributed by atoms with Gasteiger partial charge in [0.25, 0.3) is 0 Å². The number of nitrogen functional groups attached to an aromatic ring is 1. The van der Waals surface area contributed by atoms with Gasteiger partial charge in [-0.1, -0.05) is 6.07 Å². The fourth-order valence-electron chi connectivity index (χ4n) is 1.36. The molecule has 4 heteroatoms. The fourth-order valence-corrected chi connectivity index (χ4v) is 1.36. The van der Waals surface area contributed by atoms with Gasteiger partial charge in [0.05, 0.1) is 0 Å². The maximum Gasteiger partial charge on any atom is 0.142 e. The molecule has 1 saturated carbocycles. The highest BCUT2D eigenvalue weighted by Gasteiger charge is 2.16. The summed E-state index contributed by atoms with van der Waals surface area (Å²) in [6, 6.07) is 6.34. The van der Waals surface area contributed by atoms with E-state index in [1.165, 1.54) is 19.3 Å². The van der Waals surface area contributed by atoms with Crippen molar-refractivity contribution in [3.8, 4) is 0 Å². The Labute approximate surface area is 77.5 Å². The maximum absolute atomic E-state index is 5.26. The number of hydrogen-bond acceptors (Lipinski definition) is 4. The largest absolute Gasteiger partial charge is 0.367 e. The number of hydrazine groups is 1. The van der Waals surface area contributed by atoms with Crippen LogP contribution in [0.1, 0.15) is 19.3 Å². The first-order valence-corrected chi connectivity index (χ1v) is 4.59. The zero-order valence-electron chi connectivity index (χ0n) is 7.46. The van der Waals surface area contributed by atoms with Crippen molar-refractivity contribution in [3.63, 3.8) is 0 Å². The van der Waals surface area contributed by atoms with Crippen LogP contribution >= 0.6 is 0 Å². The van der Waals surface area contributed by atoms with E-state index in [0.717, 1.165) is 5.82 Å². The lowest BCUT2D eigenvalue weighted by Gasteiger charge is -2.26. The van der Waals surface area contributed by atoms with Crippen molar-refractivity contribution in [2.24, 2.45) is 5.84 Å². The van der Waals surface area contributed by atoms with Crippen LogP contribution in [0.4, 0.5) is 11.6 Å². The topological polar surface area (TPSA) is 63.0 Å². The Morgan fingerprint density at radius 1 is 1.31 bits per heavy atom. The second kappa shape index (κ2) is 3.62. The normalized spacial score (nSPS) is 16.4. The van der Waals surface area contributed by atoms with Crippen LogP contribution in [-0.4, -0.2) is 11.0 Å². The first-order valence-electron chi connectivity index (χ1n) is 4.59. The summed E-state index contributed by atoms with van der Waals surface area (Å²) in [6.07, 6.45) is 3.83. The van der Waals surface area contributed by atoms with Crippen molar-refractivity contribution < 1.29 is 0 Å². The summed E-state index contributed by atoms with van der Waals surface area (Å²) in [4.78, 5) is 4.27. The Balaban J connectivity index is 2.01. The number of nitrogens with zero attached hydrogens (tertiary/aromatic N) is 1. The second-order valence-corrected chi connectivity index (χ2v) is 3.32. The number of aromatic nitrogens is 1. The Kier molecular flexibility index (Phi) is 2.31. The Bertz CT molecular complexity index is 283. The van der Waals surface area contributed by atoms with Gasteiger partial charge in [0.2, 0.25) is 0 Å². The molecule has 2 rings (SSSR count). The number of rotatable bonds is 3. The molecule has 13 heavy (non-hydrogen) atoms. The molecular formula is C9H14N4. The Hall–Kier alpha value is -1.29. The summed E-state index contributed by atoms with van der Waals surface area (Å²) >= 11 is 0. The van der Waals surface area contributed by atoms with Gasteiger partial charge < -0.3 is 10.7 Å². The zero-order valence-corrected chi connectivity index (χ0v) is 7.46. The predicted molar refractivity (Wildman–Crippen MR) is 53.3 cm³/mol. The summed E-state index contributed by atoms with van der Waals surface area (Å²) < 4.78 is 0. The molecule has 0 bridgehead atoms. The molecule has 1 aliphatic rings. The lowest BCUT2D eigenvalue weighted by Crippen LogP contribution is -2.27. The van der Waals surface area contributed by atoms with Gasteiger partial charge in [0.15, 0.2) is 0 Å². The van der Waals surface area contributed by atoms with Crippen LogP contribution in [0.3, 0.4) is 0 Å². The highest BCUT2D eigenvalue weighted by Crippen LogP contribution is 2.22. The third kappa shape index (κ3) is 1.89. The van der Waals surface area contributed by atoms with Crippen LogP contribution in [0.25, 0.3) is 0 Å². The van der Waals surface area contributed by atoms with Gasteiger partial charge in [-0.2, -0.15) is 0 Å². The minimum atomic E-state index is 0.612. The molecule has 0 saturated heterocycles. The van der Waals surface area contributed by atoms with E-state index >= 15 is 0 Å². The molecular weight excluding hydrogens is 164 g/mol. The number of nitrogens with two attached hydrogens (primary N) is 1. The van der Waals surface area contributed by atoms with Gasteiger partial charge >= 0.3 is 0 Å². The zero-order chi connectivity index (χ0) is 9.10. The van der Waals surface area contributed by atoms with Crippen molar-refractivity contribution in [1.29, 1.82) is 0 Å². The molecule has 4 nitrogen and oxygen atoms in total. The van der Waals surface area contributed by atoms with E-state index in [9.17, 15) is 0 Å². The standard InChI is InChI=1S/C9H14N4/c10-13-9-6-2-5-8(12-9)11-7-3-1-4-7/h2,5-7H,1,3-4,10H2,(H2,11,12,13). The molecule has 0 atom stereocenters. The Morgan fingerprint density at radius 3 is 2.69 bits per heavy atom. The minimum absolute atomic E-state index is 0.612. The van der Waals surface area contributed by atoms with E-state index in [4.69, 9.17) is 5.84 Å². The summed E-state index contributed by atoms with van der Waals surface area (Å²) in [5, 5.41) is 3.35. The van der Waals surface area contributed by atoms with Gasteiger partial charge in [-0.25, -0.2) is 10.8 Å². The monoisotopic (exact) mass is 178 g/mol. The van der Waals surface area contributed by atoms with Gasteiger partial charge in [0.1, 0.15) is 11.6 Å². The molecule has 1 aliphatic carbocycles. The van der Waals surface area contributed by atoms with Crippen LogP contribution in [0.2, 0.25) is 0 Å². The van der Waals surface area contributed by atoms with E-state index in [0.29, 0.717) is 11.9 Å². The van der Waals surface area contributed by atoms with Crippen molar-refractivity contribution >= 4 is 11.6 Å². The maximum atomic E-state index is 5.26. The van der Waals surface area contributed by atoms with Gasteiger partial charge in [-0.05, 0) is 31.4 Å². The quantitative estimate of drug-likeness (QED) is 0.482. The first-order chi connectivity index (χ1) is 6.38. The van der Waals surface area contributed by atoms with E-state index in [-0.39, 0.29) is 0 Å². The molecule has 0 amide bonds. The number of hydrogen-bond donors (Lipinski definition) is 3. The highest BCUT2D eigenvalue weighted by atomic mass is 15.3. The summed E-state index contributed by atoms with van der Waals surface area (Å²) in [7, 11) is 0. The average Bonchev–Trinajstić information content (AvgIpc) is 2.12. The van der Waals surface area contributed by atoms with Crippen LogP contribution in [0, 0.1) is 0 Å². The lowest BCUT2D eigenvalue weighted by atomic mass is 9.93. The molecule has 1 fully saturated rings. The number of pyridine rings is 1. The van der Waals surface area contributed by atoms with E-state index < -0.39 is 0 Å². The number of nitrogens with one attached hydrogen (secondary N) is 2. The molecule has 1 heterocycles. The lowest BCUT2D eigenvalue weighted by molar-refractivity contribution is 0.444. The van der Waals surface area contributed by atoms with Crippen molar-refractivity contribution in [3.05, 3.63) is 18.2 Å². The number of anilines is 2. The molecule has 0 aliphatic heterocycles. The first kappa shape index (κ1) is 8.31. The molecule has 0 radical (unpaired) electrons. The van der Waals surface area contributed by atoms with Crippen LogP contribution in [0.15, 0.2) is 18.2 Å². The van der Waals surface area contributed by atoms with Crippen LogP contribution in [-0.2, 0) is 0 Å². The van der Waals surface area contributed by atoms with Crippen molar-refractivity contribution in [1.82, 2.24) is 4.98 Å². The minimum Gasteiger partial charge on any atom is -0.367 e. The molecule has 0 spiro atoms. The third-order valence-electron chi connectivity index (χ3n) is 2.35. The van der Waals surface area contributed by atoms with Gasteiger partial charge in [-0.3, -0.25) is 0 Å². The second-order valence-electron chi connectivity index (χ2n) is 3.32. The summed E-state index contributed by atoms with van der Waals surface area (Å²) in [5.74, 6) is 6.86. The summed E-state index contributed by atoms with van der Waals surface area (Å²) in [6.45, 7) is 0. The van der Waals surface area contributed by atoms with Crippen molar-refractivity contribution in [2.75, 3.05) is 10.7 Å². The molecule has 1 aromatic rings. The van der Waals surface area contributed by atoms with Crippen LogP contribution in [0.5, 0.6) is 0 Å². The molecule has 4 N–H and O–H groups in total. The SMILES string of the molecule is NNc1cccc(NC2CCC2)n1. The molecule has 70 valence electrons. The molecule has 0 unspecified atom stereocenters. The summed E-state index contributed by atoms with van der Waals surface area (Å²) in [5.41, 5.74) is 2.53.